The number of ether oxygens (including phenoxy) is 1. The SMILES string of the molecule is COCC(C)Cn1c(N)nc2ccc(Cl)cc21. The Balaban J connectivity index is 2.38. The Hall–Kier alpha value is -1.26. The van der Waals surface area contributed by atoms with Gasteiger partial charge in [0.2, 0.25) is 5.95 Å². The van der Waals surface area contributed by atoms with E-state index in [1.165, 1.54) is 0 Å². The minimum atomic E-state index is 0.374. The number of imidazole rings is 1. The van der Waals surface area contributed by atoms with Crippen molar-refractivity contribution in [1.29, 1.82) is 0 Å². The van der Waals surface area contributed by atoms with E-state index in [-0.39, 0.29) is 0 Å². The second kappa shape index (κ2) is 4.94. The van der Waals surface area contributed by atoms with Crippen LogP contribution in [0.4, 0.5) is 5.95 Å². The van der Waals surface area contributed by atoms with Crippen LogP contribution in [0.2, 0.25) is 5.02 Å². The highest BCUT2D eigenvalue weighted by Crippen LogP contribution is 2.22. The van der Waals surface area contributed by atoms with Gasteiger partial charge in [0.05, 0.1) is 17.6 Å². The molecular formula is C12H16ClN3O. The van der Waals surface area contributed by atoms with Crippen molar-refractivity contribution in [3.05, 3.63) is 23.2 Å². The Kier molecular flexibility index (Phi) is 3.54. The molecule has 0 radical (unpaired) electrons. The van der Waals surface area contributed by atoms with Gasteiger partial charge < -0.3 is 15.0 Å². The highest BCUT2D eigenvalue weighted by Gasteiger charge is 2.11. The highest BCUT2D eigenvalue weighted by molar-refractivity contribution is 6.31. The van der Waals surface area contributed by atoms with Crippen LogP contribution < -0.4 is 5.73 Å². The zero-order chi connectivity index (χ0) is 12.4. The topological polar surface area (TPSA) is 53.1 Å². The summed E-state index contributed by atoms with van der Waals surface area (Å²) in [5.74, 6) is 0.893. The molecule has 2 rings (SSSR count). The maximum Gasteiger partial charge on any atom is 0.201 e. The Morgan fingerprint density at radius 2 is 2.29 bits per heavy atom. The van der Waals surface area contributed by atoms with Crippen LogP contribution in [0.25, 0.3) is 11.0 Å². The average Bonchev–Trinajstić information content (AvgIpc) is 2.56. The first-order valence-electron chi connectivity index (χ1n) is 5.52. The number of hydrogen-bond acceptors (Lipinski definition) is 3. The molecule has 1 aromatic carbocycles. The number of hydrogen-bond donors (Lipinski definition) is 1. The lowest BCUT2D eigenvalue weighted by molar-refractivity contribution is 0.152. The molecule has 0 saturated carbocycles. The third kappa shape index (κ3) is 2.53. The van der Waals surface area contributed by atoms with Gasteiger partial charge in [-0.1, -0.05) is 18.5 Å². The first kappa shape index (κ1) is 12.2. The van der Waals surface area contributed by atoms with Crippen LogP contribution in [-0.4, -0.2) is 23.3 Å². The lowest BCUT2D eigenvalue weighted by Gasteiger charge is -2.13. The van der Waals surface area contributed by atoms with Gasteiger partial charge in [-0.05, 0) is 24.1 Å². The van der Waals surface area contributed by atoms with E-state index >= 15 is 0 Å². The smallest absolute Gasteiger partial charge is 0.201 e. The zero-order valence-electron chi connectivity index (χ0n) is 9.98. The summed E-state index contributed by atoms with van der Waals surface area (Å²) in [5, 5.41) is 0.693. The number of nitrogen functional groups attached to an aromatic ring is 1. The molecule has 0 saturated heterocycles. The standard InChI is InChI=1S/C12H16ClN3O/c1-8(7-17-2)6-16-11-5-9(13)3-4-10(11)15-12(16)14/h3-5,8H,6-7H2,1-2H3,(H2,14,15). The lowest BCUT2D eigenvalue weighted by Crippen LogP contribution is -2.14. The van der Waals surface area contributed by atoms with Gasteiger partial charge >= 0.3 is 0 Å². The van der Waals surface area contributed by atoms with Crippen LogP contribution >= 0.6 is 11.6 Å². The minimum absolute atomic E-state index is 0.374. The van der Waals surface area contributed by atoms with Gasteiger partial charge in [-0.15, -0.1) is 0 Å². The van der Waals surface area contributed by atoms with E-state index in [1.54, 1.807) is 7.11 Å². The van der Waals surface area contributed by atoms with Gasteiger partial charge in [0.25, 0.3) is 0 Å². The maximum atomic E-state index is 5.99. The molecule has 0 aliphatic carbocycles. The highest BCUT2D eigenvalue weighted by atomic mass is 35.5. The van der Waals surface area contributed by atoms with E-state index in [0.717, 1.165) is 17.6 Å². The third-order valence-electron chi connectivity index (χ3n) is 2.69. The number of rotatable bonds is 4. The van der Waals surface area contributed by atoms with Gasteiger partial charge in [0, 0.05) is 18.7 Å². The number of anilines is 1. The summed E-state index contributed by atoms with van der Waals surface area (Å²) in [6.45, 7) is 3.58. The van der Waals surface area contributed by atoms with E-state index in [1.807, 2.05) is 22.8 Å². The molecule has 0 aliphatic rings. The number of nitrogens with zero attached hydrogens (tertiary/aromatic N) is 2. The van der Waals surface area contributed by atoms with Crippen LogP contribution in [0.1, 0.15) is 6.92 Å². The molecule has 0 spiro atoms. The fourth-order valence-corrected chi connectivity index (χ4v) is 2.12. The molecular weight excluding hydrogens is 238 g/mol. The Bertz CT molecular complexity index is 524. The lowest BCUT2D eigenvalue weighted by atomic mass is 10.2. The van der Waals surface area contributed by atoms with E-state index in [0.29, 0.717) is 23.5 Å². The van der Waals surface area contributed by atoms with Crippen molar-refractivity contribution < 1.29 is 4.74 Å². The number of nitrogens with two attached hydrogens (primary N) is 1. The zero-order valence-corrected chi connectivity index (χ0v) is 10.7. The van der Waals surface area contributed by atoms with Crippen LogP contribution in [0.3, 0.4) is 0 Å². The van der Waals surface area contributed by atoms with Crippen molar-refractivity contribution in [2.24, 2.45) is 5.92 Å². The Labute approximate surface area is 105 Å². The van der Waals surface area contributed by atoms with Gasteiger partial charge in [-0.25, -0.2) is 4.98 Å². The summed E-state index contributed by atoms with van der Waals surface area (Å²) in [6, 6.07) is 5.59. The van der Waals surface area contributed by atoms with Crippen LogP contribution in [-0.2, 0) is 11.3 Å². The predicted octanol–water partition coefficient (Wildman–Crippen LogP) is 2.55. The molecule has 0 aliphatic heterocycles. The van der Waals surface area contributed by atoms with E-state index < -0.39 is 0 Å². The normalized spacial score (nSPS) is 13.1. The number of methoxy groups -OCH3 is 1. The van der Waals surface area contributed by atoms with Gasteiger partial charge in [0.1, 0.15) is 0 Å². The molecule has 1 heterocycles. The molecule has 1 unspecified atom stereocenters. The van der Waals surface area contributed by atoms with Crippen molar-refractivity contribution >= 4 is 28.6 Å². The first-order chi connectivity index (χ1) is 8.11. The van der Waals surface area contributed by atoms with Crippen molar-refractivity contribution in [3.63, 3.8) is 0 Å². The second-order valence-corrected chi connectivity index (χ2v) is 4.71. The molecule has 1 atom stereocenters. The number of halogens is 1. The average molecular weight is 254 g/mol. The Morgan fingerprint density at radius 3 is 3.00 bits per heavy atom. The second-order valence-electron chi connectivity index (χ2n) is 4.27. The maximum absolute atomic E-state index is 5.99. The molecule has 5 heteroatoms. The molecule has 0 fully saturated rings. The molecule has 17 heavy (non-hydrogen) atoms. The van der Waals surface area contributed by atoms with Crippen molar-refractivity contribution in [3.8, 4) is 0 Å². The number of aromatic nitrogens is 2. The largest absolute Gasteiger partial charge is 0.384 e. The molecule has 92 valence electrons. The summed E-state index contributed by atoms with van der Waals surface area (Å²) in [4.78, 5) is 4.31. The Morgan fingerprint density at radius 1 is 1.53 bits per heavy atom. The molecule has 2 aromatic rings. The van der Waals surface area contributed by atoms with Crippen molar-refractivity contribution in [2.75, 3.05) is 19.5 Å². The van der Waals surface area contributed by atoms with Crippen molar-refractivity contribution in [2.45, 2.75) is 13.5 Å². The third-order valence-corrected chi connectivity index (χ3v) is 2.92. The monoisotopic (exact) mass is 253 g/mol. The quantitative estimate of drug-likeness (QED) is 0.911. The van der Waals surface area contributed by atoms with E-state index in [9.17, 15) is 0 Å². The summed E-state index contributed by atoms with van der Waals surface area (Å²) < 4.78 is 7.10. The van der Waals surface area contributed by atoms with Crippen molar-refractivity contribution in [1.82, 2.24) is 9.55 Å². The minimum Gasteiger partial charge on any atom is -0.384 e. The fourth-order valence-electron chi connectivity index (χ4n) is 1.96. The molecule has 2 N–H and O–H groups in total. The number of benzene rings is 1. The summed E-state index contributed by atoms with van der Waals surface area (Å²) >= 11 is 5.99. The first-order valence-corrected chi connectivity index (χ1v) is 5.90. The van der Waals surface area contributed by atoms with Gasteiger partial charge in [-0.3, -0.25) is 0 Å². The van der Waals surface area contributed by atoms with E-state index in [2.05, 4.69) is 11.9 Å². The van der Waals surface area contributed by atoms with Crippen LogP contribution in [0, 0.1) is 5.92 Å². The number of fused-ring (bicyclic) bond motifs is 1. The summed E-state index contributed by atoms with van der Waals surface area (Å²) in [5.41, 5.74) is 7.76. The van der Waals surface area contributed by atoms with Crippen LogP contribution in [0.15, 0.2) is 18.2 Å². The van der Waals surface area contributed by atoms with Gasteiger partial charge in [0.15, 0.2) is 0 Å². The molecule has 0 bridgehead atoms. The molecule has 0 amide bonds. The molecule has 4 nitrogen and oxygen atoms in total. The summed E-state index contributed by atoms with van der Waals surface area (Å²) in [6.07, 6.45) is 0. The van der Waals surface area contributed by atoms with E-state index in [4.69, 9.17) is 22.1 Å². The molecule has 1 aromatic heterocycles. The summed E-state index contributed by atoms with van der Waals surface area (Å²) in [7, 11) is 1.70. The fraction of sp³-hybridized carbons (Fsp3) is 0.417. The van der Waals surface area contributed by atoms with Crippen LogP contribution in [0.5, 0.6) is 0 Å². The van der Waals surface area contributed by atoms with Gasteiger partial charge in [-0.2, -0.15) is 0 Å². The predicted molar refractivity (Wildman–Crippen MR) is 70.2 cm³/mol.